The van der Waals surface area contributed by atoms with E-state index in [-0.39, 0.29) is 0 Å². The van der Waals surface area contributed by atoms with Gasteiger partial charge >= 0.3 is 0 Å². The lowest BCUT2D eigenvalue weighted by molar-refractivity contribution is 0.617. The van der Waals surface area contributed by atoms with Crippen molar-refractivity contribution in [3.63, 3.8) is 0 Å². The van der Waals surface area contributed by atoms with Gasteiger partial charge in [-0.25, -0.2) is 0 Å². The van der Waals surface area contributed by atoms with Crippen LogP contribution in [0, 0.1) is 0 Å². The van der Waals surface area contributed by atoms with Crippen LogP contribution in [0.5, 0.6) is 0 Å². The smallest absolute Gasteiger partial charge is 0.0410 e. The number of likely N-dealkylation sites (N-methyl/N-ethyl adjacent to an activating group) is 1. The third-order valence-electron chi connectivity index (χ3n) is 2.93. The van der Waals surface area contributed by atoms with Gasteiger partial charge in [0.15, 0.2) is 0 Å². The molecule has 1 heterocycles. The van der Waals surface area contributed by atoms with Crippen LogP contribution in [0.4, 0.5) is 5.69 Å². The van der Waals surface area contributed by atoms with Crippen molar-refractivity contribution in [1.82, 2.24) is 0 Å². The second-order valence-corrected chi connectivity index (χ2v) is 4.73. The molecule has 2 nitrogen and oxygen atoms in total. The first-order valence-corrected chi connectivity index (χ1v) is 5.73. The summed E-state index contributed by atoms with van der Waals surface area (Å²) in [5.41, 5.74) is 8.38. The Bertz CT molecular complexity index is 338. The summed E-state index contributed by atoms with van der Waals surface area (Å²) in [5.74, 6) is 0. The highest BCUT2D eigenvalue weighted by Gasteiger charge is 2.25. The van der Waals surface area contributed by atoms with Gasteiger partial charge in [0.1, 0.15) is 0 Å². The maximum absolute atomic E-state index is 5.60. The van der Waals surface area contributed by atoms with E-state index in [1.54, 1.807) is 0 Å². The summed E-state index contributed by atoms with van der Waals surface area (Å²) in [6.45, 7) is 0.768. The largest absolute Gasteiger partial charge is 0.371 e. The molecule has 0 fully saturated rings. The Morgan fingerprint density at radius 2 is 2.36 bits per heavy atom. The first kappa shape index (κ1) is 9.99. The molecule has 1 aliphatic rings. The van der Waals surface area contributed by atoms with Gasteiger partial charge in [0.05, 0.1) is 0 Å². The predicted molar refractivity (Wildman–Crippen MR) is 63.7 cm³/mol. The average molecular weight is 255 g/mol. The number of fused-ring (bicyclic) bond motifs is 1. The molecule has 0 amide bonds. The van der Waals surface area contributed by atoms with E-state index in [2.05, 4.69) is 46.1 Å². The summed E-state index contributed by atoms with van der Waals surface area (Å²) in [6.07, 6.45) is 2.21. The number of hydrogen-bond donors (Lipinski definition) is 1. The zero-order valence-corrected chi connectivity index (χ0v) is 9.92. The molecule has 1 aliphatic heterocycles. The monoisotopic (exact) mass is 254 g/mol. The molecule has 76 valence electrons. The summed E-state index contributed by atoms with van der Waals surface area (Å²) in [5, 5.41) is 0. The van der Waals surface area contributed by atoms with Gasteiger partial charge < -0.3 is 10.6 Å². The highest BCUT2D eigenvalue weighted by molar-refractivity contribution is 9.10. The van der Waals surface area contributed by atoms with E-state index in [1.165, 1.54) is 11.3 Å². The first-order valence-electron chi connectivity index (χ1n) is 4.93. The van der Waals surface area contributed by atoms with Crippen LogP contribution in [-0.4, -0.2) is 19.6 Å². The molecular formula is C11H15BrN2. The zero-order chi connectivity index (χ0) is 10.1. The van der Waals surface area contributed by atoms with E-state index in [0.717, 1.165) is 23.9 Å². The number of halogens is 1. The molecule has 0 bridgehead atoms. The Morgan fingerprint density at radius 3 is 3.07 bits per heavy atom. The van der Waals surface area contributed by atoms with Gasteiger partial charge in [-0.1, -0.05) is 22.0 Å². The van der Waals surface area contributed by atoms with Crippen LogP contribution < -0.4 is 10.6 Å². The SMILES string of the molecule is CN1c2cc(Br)ccc2CC1CCN. The molecule has 1 aromatic rings. The van der Waals surface area contributed by atoms with Crippen LogP contribution in [-0.2, 0) is 6.42 Å². The lowest BCUT2D eigenvalue weighted by Gasteiger charge is -2.21. The van der Waals surface area contributed by atoms with Crippen molar-refractivity contribution in [2.24, 2.45) is 5.73 Å². The van der Waals surface area contributed by atoms with E-state index in [9.17, 15) is 0 Å². The molecule has 0 aromatic heterocycles. The molecule has 2 N–H and O–H groups in total. The molecule has 3 heteroatoms. The van der Waals surface area contributed by atoms with Crippen molar-refractivity contribution in [2.75, 3.05) is 18.5 Å². The quantitative estimate of drug-likeness (QED) is 0.877. The Morgan fingerprint density at radius 1 is 1.57 bits per heavy atom. The summed E-state index contributed by atoms with van der Waals surface area (Å²) >= 11 is 3.50. The topological polar surface area (TPSA) is 29.3 Å². The molecule has 1 unspecified atom stereocenters. The molecule has 1 atom stereocenters. The molecule has 0 saturated carbocycles. The number of anilines is 1. The molecule has 14 heavy (non-hydrogen) atoms. The van der Waals surface area contributed by atoms with E-state index in [4.69, 9.17) is 5.73 Å². The molecule has 2 rings (SSSR count). The number of nitrogens with two attached hydrogens (primary N) is 1. The molecule has 0 saturated heterocycles. The van der Waals surface area contributed by atoms with Crippen molar-refractivity contribution in [1.29, 1.82) is 0 Å². The third-order valence-corrected chi connectivity index (χ3v) is 3.42. The second-order valence-electron chi connectivity index (χ2n) is 3.82. The Labute approximate surface area is 93.2 Å². The Balaban J connectivity index is 2.27. The first-order chi connectivity index (χ1) is 6.72. The fraction of sp³-hybridized carbons (Fsp3) is 0.455. The summed E-state index contributed by atoms with van der Waals surface area (Å²) < 4.78 is 1.15. The fourth-order valence-electron chi connectivity index (χ4n) is 2.11. The lowest BCUT2D eigenvalue weighted by atomic mass is 10.1. The zero-order valence-electron chi connectivity index (χ0n) is 8.33. The molecular weight excluding hydrogens is 240 g/mol. The van der Waals surface area contributed by atoms with Gasteiger partial charge in [0.25, 0.3) is 0 Å². The Kier molecular flexibility index (Phi) is 2.79. The van der Waals surface area contributed by atoms with Gasteiger partial charge in [0.2, 0.25) is 0 Å². The summed E-state index contributed by atoms with van der Waals surface area (Å²) in [4.78, 5) is 2.34. The minimum Gasteiger partial charge on any atom is -0.371 e. The Hall–Kier alpha value is -0.540. The van der Waals surface area contributed by atoms with Crippen molar-refractivity contribution < 1.29 is 0 Å². The molecule has 0 aliphatic carbocycles. The standard InChI is InChI=1S/C11H15BrN2/c1-14-10(4-5-13)6-8-2-3-9(12)7-11(8)14/h2-3,7,10H,4-6,13H2,1H3. The maximum atomic E-state index is 5.60. The second kappa shape index (κ2) is 3.91. The van der Waals surface area contributed by atoms with Crippen LogP contribution in [0.1, 0.15) is 12.0 Å². The van der Waals surface area contributed by atoms with Crippen molar-refractivity contribution in [2.45, 2.75) is 18.9 Å². The number of rotatable bonds is 2. The average Bonchev–Trinajstić information content (AvgIpc) is 2.46. The van der Waals surface area contributed by atoms with E-state index in [0.29, 0.717) is 6.04 Å². The van der Waals surface area contributed by atoms with Gasteiger partial charge in [-0.15, -0.1) is 0 Å². The minimum atomic E-state index is 0.587. The van der Waals surface area contributed by atoms with Gasteiger partial charge in [-0.05, 0) is 37.1 Å². The van der Waals surface area contributed by atoms with Crippen molar-refractivity contribution >= 4 is 21.6 Å². The van der Waals surface area contributed by atoms with E-state index < -0.39 is 0 Å². The number of hydrogen-bond acceptors (Lipinski definition) is 2. The molecule has 0 spiro atoms. The van der Waals surface area contributed by atoms with Crippen LogP contribution >= 0.6 is 15.9 Å². The van der Waals surface area contributed by atoms with Gasteiger partial charge in [-0.3, -0.25) is 0 Å². The highest BCUT2D eigenvalue weighted by Crippen LogP contribution is 2.33. The normalized spacial score (nSPS) is 19.9. The van der Waals surface area contributed by atoms with Crippen molar-refractivity contribution in [3.8, 4) is 0 Å². The number of nitrogens with zero attached hydrogens (tertiary/aromatic N) is 1. The van der Waals surface area contributed by atoms with Gasteiger partial charge in [0, 0.05) is 23.2 Å². The summed E-state index contributed by atoms with van der Waals surface area (Å²) in [7, 11) is 2.15. The van der Waals surface area contributed by atoms with Crippen LogP contribution in [0.2, 0.25) is 0 Å². The van der Waals surface area contributed by atoms with Crippen molar-refractivity contribution in [3.05, 3.63) is 28.2 Å². The molecule has 1 aromatic carbocycles. The molecule has 0 radical (unpaired) electrons. The summed E-state index contributed by atoms with van der Waals surface area (Å²) in [6, 6.07) is 7.08. The maximum Gasteiger partial charge on any atom is 0.0410 e. The predicted octanol–water partition coefficient (Wildman–Crippen LogP) is 2.16. The van der Waals surface area contributed by atoms with Crippen LogP contribution in [0.3, 0.4) is 0 Å². The van der Waals surface area contributed by atoms with E-state index in [1.807, 2.05) is 0 Å². The van der Waals surface area contributed by atoms with Crippen LogP contribution in [0.25, 0.3) is 0 Å². The number of benzene rings is 1. The third kappa shape index (κ3) is 1.66. The van der Waals surface area contributed by atoms with E-state index >= 15 is 0 Å². The minimum absolute atomic E-state index is 0.587. The van der Waals surface area contributed by atoms with Crippen LogP contribution in [0.15, 0.2) is 22.7 Å². The highest BCUT2D eigenvalue weighted by atomic mass is 79.9. The fourth-order valence-corrected chi connectivity index (χ4v) is 2.46. The van der Waals surface area contributed by atoms with Gasteiger partial charge in [-0.2, -0.15) is 0 Å². The lowest BCUT2D eigenvalue weighted by Crippen LogP contribution is -2.29.